The SMILES string of the molecule is COc1ccccc1N(C)CCC(C)CN. The highest BCUT2D eigenvalue weighted by Gasteiger charge is 2.08. The normalized spacial score (nSPS) is 12.2. The Kier molecular flexibility index (Phi) is 5.12. The fraction of sp³-hybridized carbons (Fsp3) is 0.538. The molecule has 1 atom stereocenters. The average molecular weight is 222 g/mol. The van der Waals surface area contributed by atoms with Gasteiger partial charge >= 0.3 is 0 Å². The van der Waals surface area contributed by atoms with Gasteiger partial charge in [0.05, 0.1) is 12.8 Å². The molecule has 1 aromatic rings. The molecule has 3 nitrogen and oxygen atoms in total. The zero-order chi connectivity index (χ0) is 12.0. The van der Waals surface area contributed by atoms with Gasteiger partial charge in [-0.05, 0) is 31.0 Å². The van der Waals surface area contributed by atoms with Gasteiger partial charge in [-0.1, -0.05) is 19.1 Å². The van der Waals surface area contributed by atoms with Crippen molar-refractivity contribution in [1.82, 2.24) is 0 Å². The van der Waals surface area contributed by atoms with E-state index in [2.05, 4.69) is 24.9 Å². The first-order chi connectivity index (χ1) is 7.69. The molecular weight excluding hydrogens is 200 g/mol. The Balaban J connectivity index is 2.61. The third-order valence-electron chi connectivity index (χ3n) is 2.86. The van der Waals surface area contributed by atoms with Gasteiger partial charge in [0.15, 0.2) is 0 Å². The van der Waals surface area contributed by atoms with Gasteiger partial charge in [0.25, 0.3) is 0 Å². The smallest absolute Gasteiger partial charge is 0.142 e. The first-order valence-corrected chi connectivity index (χ1v) is 5.73. The van der Waals surface area contributed by atoms with E-state index in [1.165, 1.54) is 0 Å². The molecule has 0 bridgehead atoms. The Morgan fingerprint density at radius 3 is 2.69 bits per heavy atom. The molecule has 0 spiro atoms. The second-order valence-electron chi connectivity index (χ2n) is 4.22. The molecule has 3 heteroatoms. The number of hydrogen-bond acceptors (Lipinski definition) is 3. The molecule has 2 N–H and O–H groups in total. The van der Waals surface area contributed by atoms with Crippen molar-refractivity contribution in [2.75, 3.05) is 32.1 Å². The molecule has 0 aliphatic heterocycles. The molecular formula is C13H22N2O. The predicted molar refractivity (Wildman–Crippen MR) is 69.1 cm³/mol. The first kappa shape index (κ1) is 12.8. The lowest BCUT2D eigenvalue weighted by Crippen LogP contribution is -2.23. The lowest BCUT2D eigenvalue weighted by molar-refractivity contribution is 0.414. The number of hydrogen-bond donors (Lipinski definition) is 1. The molecule has 1 unspecified atom stereocenters. The van der Waals surface area contributed by atoms with Crippen LogP contribution in [-0.2, 0) is 0 Å². The minimum atomic E-state index is 0.567. The molecule has 0 saturated heterocycles. The van der Waals surface area contributed by atoms with Crippen molar-refractivity contribution < 1.29 is 4.74 Å². The van der Waals surface area contributed by atoms with Crippen LogP contribution < -0.4 is 15.4 Å². The number of rotatable bonds is 6. The Morgan fingerprint density at radius 2 is 2.06 bits per heavy atom. The summed E-state index contributed by atoms with van der Waals surface area (Å²) >= 11 is 0. The van der Waals surface area contributed by atoms with E-state index in [9.17, 15) is 0 Å². The van der Waals surface area contributed by atoms with E-state index < -0.39 is 0 Å². The summed E-state index contributed by atoms with van der Waals surface area (Å²) in [5.74, 6) is 1.49. The summed E-state index contributed by atoms with van der Waals surface area (Å²) in [5.41, 5.74) is 6.74. The van der Waals surface area contributed by atoms with Gasteiger partial charge in [0.1, 0.15) is 5.75 Å². The van der Waals surface area contributed by atoms with Crippen LogP contribution in [0.15, 0.2) is 24.3 Å². The van der Waals surface area contributed by atoms with Gasteiger partial charge in [0.2, 0.25) is 0 Å². The molecule has 0 radical (unpaired) electrons. The van der Waals surface area contributed by atoms with Crippen LogP contribution in [0.4, 0.5) is 5.69 Å². The molecule has 1 aromatic carbocycles. The van der Waals surface area contributed by atoms with Gasteiger partial charge in [-0.15, -0.1) is 0 Å². The second-order valence-corrected chi connectivity index (χ2v) is 4.22. The molecule has 16 heavy (non-hydrogen) atoms. The number of anilines is 1. The van der Waals surface area contributed by atoms with E-state index in [1.807, 2.05) is 18.2 Å². The predicted octanol–water partition coefficient (Wildman–Crippen LogP) is 2.12. The van der Waals surface area contributed by atoms with Crippen molar-refractivity contribution in [3.05, 3.63) is 24.3 Å². The highest BCUT2D eigenvalue weighted by Crippen LogP contribution is 2.26. The van der Waals surface area contributed by atoms with Gasteiger partial charge in [0, 0.05) is 13.6 Å². The quantitative estimate of drug-likeness (QED) is 0.801. The van der Waals surface area contributed by atoms with Gasteiger partial charge in [-0.3, -0.25) is 0 Å². The number of ether oxygens (including phenoxy) is 1. The molecule has 1 rings (SSSR count). The number of nitrogens with zero attached hydrogens (tertiary/aromatic N) is 1. The highest BCUT2D eigenvalue weighted by molar-refractivity contribution is 5.57. The topological polar surface area (TPSA) is 38.5 Å². The maximum Gasteiger partial charge on any atom is 0.142 e. The van der Waals surface area contributed by atoms with E-state index in [0.29, 0.717) is 5.92 Å². The molecule has 0 saturated carbocycles. The molecule has 90 valence electrons. The van der Waals surface area contributed by atoms with Crippen molar-refractivity contribution in [2.24, 2.45) is 11.7 Å². The Hall–Kier alpha value is -1.22. The summed E-state index contributed by atoms with van der Waals surface area (Å²) < 4.78 is 5.33. The van der Waals surface area contributed by atoms with Crippen molar-refractivity contribution in [3.8, 4) is 5.75 Å². The summed E-state index contributed by atoms with van der Waals surface area (Å²) in [6, 6.07) is 8.07. The van der Waals surface area contributed by atoms with Crippen LogP contribution in [0.3, 0.4) is 0 Å². The van der Waals surface area contributed by atoms with Crippen LogP contribution in [0.2, 0.25) is 0 Å². The lowest BCUT2D eigenvalue weighted by atomic mass is 10.1. The van der Waals surface area contributed by atoms with E-state index in [-0.39, 0.29) is 0 Å². The monoisotopic (exact) mass is 222 g/mol. The van der Waals surface area contributed by atoms with Crippen molar-refractivity contribution >= 4 is 5.69 Å². The van der Waals surface area contributed by atoms with Crippen molar-refractivity contribution in [3.63, 3.8) is 0 Å². The Morgan fingerprint density at radius 1 is 1.38 bits per heavy atom. The molecule has 0 aliphatic rings. The fourth-order valence-corrected chi connectivity index (χ4v) is 1.60. The molecule has 0 amide bonds. The average Bonchev–Trinajstić information content (AvgIpc) is 2.35. The number of benzene rings is 1. The van der Waals surface area contributed by atoms with Crippen molar-refractivity contribution in [1.29, 1.82) is 0 Å². The minimum absolute atomic E-state index is 0.567. The van der Waals surface area contributed by atoms with Gasteiger partial charge in [-0.25, -0.2) is 0 Å². The highest BCUT2D eigenvalue weighted by atomic mass is 16.5. The van der Waals surface area contributed by atoms with Gasteiger partial charge in [-0.2, -0.15) is 0 Å². The largest absolute Gasteiger partial charge is 0.495 e. The van der Waals surface area contributed by atoms with Crippen LogP contribution >= 0.6 is 0 Å². The summed E-state index contributed by atoms with van der Waals surface area (Å²) in [4.78, 5) is 2.21. The summed E-state index contributed by atoms with van der Waals surface area (Å²) in [6.07, 6.45) is 1.10. The van der Waals surface area contributed by atoms with Crippen LogP contribution in [0, 0.1) is 5.92 Å². The van der Waals surface area contributed by atoms with E-state index in [0.717, 1.165) is 30.9 Å². The van der Waals surface area contributed by atoms with Crippen LogP contribution in [0.5, 0.6) is 5.75 Å². The van der Waals surface area contributed by atoms with Crippen LogP contribution in [0.25, 0.3) is 0 Å². The van der Waals surface area contributed by atoms with Gasteiger partial charge < -0.3 is 15.4 Å². The fourth-order valence-electron chi connectivity index (χ4n) is 1.60. The Labute approximate surface area is 98.2 Å². The zero-order valence-electron chi connectivity index (χ0n) is 10.4. The summed E-state index contributed by atoms with van der Waals surface area (Å²) in [6.45, 7) is 3.93. The third kappa shape index (κ3) is 3.42. The third-order valence-corrected chi connectivity index (χ3v) is 2.86. The Bertz CT molecular complexity index is 315. The standard InChI is InChI=1S/C13H22N2O/c1-11(10-14)8-9-15(2)12-6-4-5-7-13(12)16-3/h4-7,11H,8-10,14H2,1-3H3. The first-order valence-electron chi connectivity index (χ1n) is 5.73. The molecule has 0 fully saturated rings. The van der Waals surface area contributed by atoms with Crippen molar-refractivity contribution in [2.45, 2.75) is 13.3 Å². The zero-order valence-corrected chi connectivity index (χ0v) is 10.4. The van der Waals surface area contributed by atoms with E-state index in [4.69, 9.17) is 10.5 Å². The molecule has 0 aliphatic carbocycles. The maximum atomic E-state index is 5.61. The number of nitrogens with two attached hydrogens (primary N) is 1. The van der Waals surface area contributed by atoms with E-state index >= 15 is 0 Å². The summed E-state index contributed by atoms with van der Waals surface area (Å²) in [7, 11) is 3.79. The van der Waals surface area contributed by atoms with E-state index in [1.54, 1.807) is 7.11 Å². The molecule has 0 aromatic heterocycles. The van der Waals surface area contributed by atoms with Crippen LogP contribution in [-0.4, -0.2) is 27.2 Å². The number of para-hydroxylation sites is 2. The number of methoxy groups -OCH3 is 1. The second kappa shape index (κ2) is 6.38. The lowest BCUT2D eigenvalue weighted by Gasteiger charge is -2.22. The molecule has 0 heterocycles. The summed E-state index contributed by atoms with van der Waals surface area (Å²) in [5, 5.41) is 0. The van der Waals surface area contributed by atoms with Crippen LogP contribution in [0.1, 0.15) is 13.3 Å². The maximum absolute atomic E-state index is 5.61. The minimum Gasteiger partial charge on any atom is -0.495 e.